The maximum absolute atomic E-state index is 12.6. The summed E-state index contributed by atoms with van der Waals surface area (Å²) < 4.78 is 0. The SMILES string of the molecule is CC1(c2ccccc2)NC(=O)C2(CCCCC2)NC1=O. The van der Waals surface area contributed by atoms with Gasteiger partial charge in [0.25, 0.3) is 5.91 Å². The predicted octanol–water partition coefficient (Wildman–Crippen LogP) is 1.85. The topological polar surface area (TPSA) is 58.2 Å². The van der Waals surface area contributed by atoms with E-state index in [1.807, 2.05) is 30.3 Å². The van der Waals surface area contributed by atoms with Crippen molar-refractivity contribution < 1.29 is 9.59 Å². The van der Waals surface area contributed by atoms with Crippen molar-refractivity contribution in [2.45, 2.75) is 50.1 Å². The van der Waals surface area contributed by atoms with Gasteiger partial charge in [0, 0.05) is 0 Å². The van der Waals surface area contributed by atoms with E-state index in [0.29, 0.717) is 0 Å². The van der Waals surface area contributed by atoms with Crippen molar-refractivity contribution in [2.75, 3.05) is 0 Å². The van der Waals surface area contributed by atoms with Gasteiger partial charge in [-0.15, -0.1) is 0 Å². The Kier molecular flexibility index (Phi) is 3.04. The summed E-state index contributed by atoms with van der Waals surface area (Å²) in [6.45, 7) is 1.77. The monoisotopic (exact) mass is 272 g/mol. The van der Waals surface area contributed by atoms with E-state index in [2.05, 4.69) is 10.6 Å². The Hall–Kier alpha value is -1.84. The number of carbonyl (C=O) groups excluding carboxylic acids is 2. The van der Waals surface area contributed by atoms with Gasteiger partial charge in [0.15, 0.2) is 0 Å². The fourth-order valence-electron chi connectivity index (χ4n) is 3.28. The number of carbonyl (C=O) groups is 2. The first-order valence-corrected chi connectivity index (χ1v) is 7.28. The van der Waals surface area contributed by atoms with Gasteiger partial charge in [0.1, 0.15) is 11.1 Å². The molecule has 2 fully saturated rings. The van der Waals surface area contributed by atoms with Crippen LogP contribution in [0, 0.1) is 0 Å². The lowest BCUT2D eigenvalue weighted by Gasteiger charge is -2.46. The van der Waals surface area contributed by atoms with E-state index in [9.17, 15) is 9.59 Å². The van der Waals surface area contributed by atoms with Crippen LogP contribution in [0.25, 0.3) is 0 Å². The van der Waals surface area contributed by atoms with Crippen LogP contribution in [0.3, 0.4) is 0 Å². The number of benzene rings is 1. The molecule has 1 saturated heterocycles. The van der Waals surface area contributed by atoms with Crippen LogP contribution in [-0.4, -0.2) is 17.4 Å². The Labute approximate surface area is 118 Å². The summed E-state index contributed by atoms with van der Waals surface area (Å²) in [4.78, 5) is 25.2. The standard InChI is InChI=1S/C16H20N2O2/c1-15(12-8-4-2-5-9-12)13(19)18-16(14(20)17-15)10-6-3-7-11-16/h2,4-5,8-9H,3,6-7,10-11H2,1H3,(H,17,20)(H,18,19). The zero-order valence-electron chi connectivity index (χ0n) is 11.7. The lowest BCUT2D eigenvalue weighted by Crippen LogP contribution is -2.73. The van der Waals surface area contributed by atoms with Crippen molar-refractivity contribution in [3.8, 4) is 0 Å². The zero-order valence-corrected chi connectivity index (χ0v) is 11.7. The van der Waals surface area contributed by atoms with Gasteiger partial charge >= 0.3 is 0 Å². The van der Waals surface area contributed by atoms with E-state index in [1.165, 1.54) is 0 Å². The number of amides is 2. The van der Waals surface area contributed by atoms with E-state index < -0.39 is 11.1 Å². The number of nitrogens with one attached hydrogen (secondary N) is 2. The van der Waals surface area contributed by atoms with Gasteiger partial charge in [0.2, 0.25) is 5.91 Å². The first-order chi connectivity index (χ1) is 9.57. The van der Waals surface area contributed by atoms with E-state index in [4.69, 9.17) is 0 Å². The molecule has 1 aliphatic heterocycles. The summed E-state index contributed by atoms with van der Waals surface area (Å²) in [6.07, 6.45) is 4.62. The molecule has 4 heteroatoms. The fraction of sp³-hybridized carbons (Fsp3) is 0.500. The summed E-state index contributed by atoms with van der Waals surface area (Å²) in [5.41, 5.74) is -0.832. The minimum atomic E-state index is -0.971. The maximum atomic E-state index is 12.6. The van der Waals surface area contributed by atoms with Crippen LogP contribution in [-0.2, 0) is 15.1 Å². The highest BCUT2D eigenvalue weighted by atomic mass is 16.2. The normalized spacial score (nSPS) is 28.9. The van der Waals surface area contributed by atoms with Crippen molar-refractivity contribution in [3.63, 3.8) is 0 Å². The Morgan fingerprint density at radius 1 is 0.900 bits per heavy atom. The highest BCUT2D eigenvalue weighted by Gasteiger charge is 2.52. The van der Waals surface area contributed by atoms with Gasteiger partial charge in [-0.1, -0.05) is 49.6 Å². The maximum Gasteiger partial charge on any atom is 0.250 e. The molecule has 1 aromatic carbocycles. The molecule has 0 bridgehead atoms. The molecular weight excluding hydrogens is 252 g/mol. The Morgan fingerprint density at radius 3 is 2.20 bits per heavy atom. The molecule has 106 valence electrons. The average molecular weight is 272 g/mol. The lowest BCUT2D eigenvalue weighted by atomic mass is 9.76. The third-order valence-electron chi connectivity index (χ3n) is 4.66. The van der Waals surface area contributed by atoms with Gasteiger partial charge in [-0.2, -0.15) is 0 Å². The molecule has 3 rings (SSSR count). The average Bonchev–Trinajstić information content (AvgIpc) is 2.47. The second kappa shape index (κ2) is 4.62. The van der Waals surface area contributed by atoms with Crippen LogP contribution in [0.2, 0.25) is 0 Å². The third-order valence-corrected chi connectivity index (χ3v) is 4.66. The first-order valence-electron chi connectivity index (χ1n) is 7.28. The minimum absolute atomic E-state index is 0.0387. The molecule has 1 saturated carbocycles. The lowest BCUT2D eigenvalue weighted by molar-refractivity contribution is -0.147. The van der Waals surface area contributed by atoms with Gasteiger partial charge in [0.05, 0.1) is 0 Å². The molecule has 4 nitrogen and oxygen atoms in total. The molecule has 0 radical (unpaired) electrons. The molecule has 1 heterocycles. The molecule has 2 amide bonds. The second-order valence-electron chi connectivity index (χ2n) is 6.04. The van der Waals surface area contributed by atoms with Crippen LogP contribution in [0.4, 0.5) is 0 Å². The second-order valence-corrected chi connectivity index (χ2v) is 6.04. The summed E-state index contributed by atoms with van der Waals surface area (Å²) in [6, 6.07) is 9.41. The zero-order chi connectivity index (χ0) is 14.2. The highest BCUT2D eigenvalue weighted by molar-refractivity contribution is 6.02. The smallest absolute Gasteiger partial charge is 0.250 e. The molecular formula is C16H20N2O2. The quantitative estimate of drug-likeness (QED) is 0.819. The third kappa shape index (κ3) is 1.90. The van der Waals surface area contributed by atoms with Crippen molar-refractivity contribution in [1.29, 1.82) is 0 Å². The predicted molar refractivity (Wildman–Crippen MR) is 75.9 cm³/mol. The van der Waals surface area contributed by atoms with Crippen LogP contribution in [0.5, 0.6) is 0 Å². The highest BCUT2D eigenvalue weighted by Crippen LogP contribution is 2.34. The molecule has 1 atom stereocenters. The molecule has 1 aliphatic carbocycles. The number of hydrogen-bond acceptors (Lipinski definition) is 2. The van der Waals surface area contributed by atoms with Crippen molar-refractivity contribution in [2.24, 2.45) is 0 Å². The van der Waals surface area contributed by atoms with Crippen LogP contribution >= 0.6 is 0 Å². The van der Waals surface area contributed by atoms with Crippen molar-refractivity contribution in [1.82, 2.24) is 10.6 Å². The van der Waals surface area contributed by atoms with Crippen molar-refractivity contribution >= 4 is 11.8 Å². The molecule has 20 heavy (non-hydrogen) atoms. The largest absolute Gasteiger partial charge is 0.339 e. The van der Waals surface area contributed by atoms with Gasteiger partial charge in [-0.25, -0.2) is 0 Å². The van der Waals surface area contributed by atoms with Gasteiger partial charge in [-0.05, 0) is 25.3 Å². The van der Waals surface area contributed by atoms with Crippen molar-refractivity contribution in [3.05, 3.63) is 35.9 Å². The molecule has 0 aromatic heterocycles. The molecule has 2 aliphatic rings. The molecule has 2 N–H and O–H groups in total. The minimum Gasteiger partial charge on any atom is -0.339 e. The Bertz CT molecular complexity index is 535. The Balaban J connectivity index is 1.92. The number of piperazine rings is 1. The van der Waals surface area contributed by atoms with E-state index in [-0.39, 0.29) is 11.8 Å². The van der Waals surface area contributed by atoms with E-state index in [1.54, 1.807) is 6.92 Å². The first kappa shape index (κ1) is 13.2. The fourth-order valence-corrected chi connectivity index (χ4v) is 3.28. The van der Waals surface area contributed by atoms with Gasteiger partial charge in [-0.3, -0.25) is 9.59 Å². The molecule has 1 aromatic rings. The Morgan fingerprint density at radius 2 is 1.55 bits per heavy atom. The van der Waals surface area contributed by atoms with Crippen LogP contribution in [0.15, 0.2) is 30.3 Å². The molecule has 1 unspecified atom stereocenters. The van der Waals surface area contributed by atoms with Gasteiger partial charge < -0.3 is 10.6 Å². The number of hydrogen-bond donors (Lipinski definition) is 2. The summed E-state index contributed by atoms with van der Waals surface area (Å²) >= 11 is 0. The van der Waals surface area contributed by atoms with Crippen LogP contribution < -0.4 is 10.6 Å². The van der Waals surface area contributed by atoms with E-state index >= 15 is 0 Å². The van der Waals surface area contributed by atoms with Crippen LogP contribution in [0.1, 0.15) is 44.6 Å². The summed E-state index contributed by atoms with van der Waals surface area (Å²) in [5.74, 6) is -0.145. The van der Waals surface area contributed by atoms with E-state index in [0.717, 1.165) is 37.7 Å². The summed E-state index contributed by atoms with van der Waals surface area (Å²) in [7, 11) is 0. The number of rotatable bonds is 1. The summed E-state index contributed by atoms with van der Waals surface area (Å²) in [5, 5.41) is 5.99. The molecule has 1 spiro atoms.